The average molecular weight is 363 g/mol. The zero-order valence-corrected chi connectivity index (χ0v) is 15.2. The number of piperidine rings is 1. The van der Waals surface area contributed by atoms with E-state index in [1.807, 2.05) is 0 Å². The first-order valence-electron chi connectivity index (χ1n) is 9.24. The molecule has 0 aromatic heterocycles. The second-order valence-electron chi connectivity index (χ2n) is 7.28. The SMILES string of the molecule is O=C(Nc1c2c(cc3c1CCC3)CCC2)NS(=O)(=O)C1CCNCC1. The van der Waals surface area contributed by atoms with Crippen LogP contribution < -0.4 is 15.4 Å². The molecule has 1 heterocycles. The lowest BCUT2D eigenvalue weighted by Gasteiger charge is -2.23. The third-order valence-electron chi connectivity index (χ3n) is 5.67. The number of anilines is 1. The fourth-order valence-electron chi connectivity index (χ4n) is 4.42. The molecular weight excluding hydrogens is 338 g/mol. The molecule has 0 spiro atoms. The molecule has 2 amide bonds. The first-order chi connectivity index (χ1) is 12.0. The van der Waals surface area contributed by atoms with Crippen LogP contribution in [0.15, 0.2) is 6.07 Å². The Morgan fingerprint density at radius 3 is 2.20 bits per heavy atom. The van der Waals surface area contributed by atoms with E-state index in [4.69, 9.17) is 0 Å². The van der Waals surface area contributed by atoms with Crippen molar-refractivity contribution in [3.63, 3.8) is 0 Å². The second-order valence-corrected chi connectivity index (χ2v) is 9.25. The third-order valence-corrected chi connectivity index (χ3v) is 7.49. The molecule has 3 N–H and O–H groups in total. The molecular formula is C18H25N3O3S. The van der Waals surface area contributed by atoms with Gasteiger partial charge in [0.25, 0.3) is 0 Å². The van der Waals surface area contributed by atoms with Gasteiger partial charge in [0.2, 0.25) is 10.0 Å². The summed E-state index contributed by atoms with van der Waals surface area (Å²) in [5, 5.41) is 5.54. The van der Waals surface area contributed by atoms with Crippen LogP contribution in [0.4, 0.5) is 10.5 Å². The fourth-order valence-corrected chi connectivity index (χ4v) is 5.76. The van der Waals surface area contributed by atoms with Crippen LogP contribution in [0.3, 0.4) is 0 Å². The van der Waals surface area contributed by atoms with Crippen molar-refractivity contribution in [3.05, 3.63) is 28.3 Å². The van der Waals surface area contributed by atoms with Crippen LogP contribution in [-0.2, 0) is 35.7 Å². The molecule has 1 aromatic carbocycles. The summed E-state index contributed by atoms with van der Waals surface area (Å²) >= 11 is 0. The minimum absolute atomic E-state index is 0.494. The van der Waals surface area contributed by atoms with Crippen LogP contribution in [0, 0.1) is 0 Å². The zero-order chi connectivity index (χ0) is 17.4. The number of hydrogen-bond donors (Lipinski definition) is 3. The summed E-state index contributed by atoms with van der Waals surface area (Å²) in [6.45, 7) is 1.35. The van der Waals surface area contributed by atoms with E-state index < -0.39 is 21.3 Å². The molecule has 0 unspecified atom stereocenters. The molecule has 6 nitrogen and oxygen atoms in total. The van der Waals surface area contributed by atoms with Gasteiger partial charge in [-0.2, -0.15) is 0 Å². The fraction of sp³-hybridized carbons (Fsp3) is 0.611. The van der Waals surface area contributed by atoms with Crippen molar-refractivity contribution >= 4 is 21.7 Å². The summed E-state index contributed by atoms with van der Waals surface area (Å²) in [4.78, 5) is 12.5. The van der Waals surface area contributed by atoms with Crippen molar-refractivity contribution < 1.29 is 13.2 Å². The molecule has 2 aliphatic carbocycles. The molecule has 1 fully saturated rings. The largest absolute Gasteiger partial charge is 0.332 e. The van der Waals surface area contributed by atoms with E-state index in [0.29, 0.717) is 25.9 Å². The number of carbonyl (C=O) groups is 1. The summed E-state index contributed by atoms with van der Waals surface area (Å²) in [6, 6.07) is 1.67. The lowest BCUT2D eigenvalue weighted by molar-refractivity contribution is 0.256. The lowest BCUT2D eigenvalue weighted by Crippen LogP contribution is -2.45. The molecule has 136 valence electrons. The molecule has 4 rings (SSSR count). The Morgan fingerprint density at radius 1 is 1.00 bits per heavy atom. The number of benzene rings is 1. The van der Waals surface area contributed by atoms with Gasteiger partial charge in [-0.3, -0.25) is 0 Å². The molecule has 1 saturated heterocycles. The van der Waals surface area contributed by atoms with Crippen molar-refractivity contribution in [2.45, 2.75) is 56.6 Å². The topological polar surface area (TPSA) is 87.3 Å². The summed E-state index contributed by atoms with van der Waals surface area (Å²) in [7, 11) is -3.63. The molecule has 1 aliphatic heterocycles. The van der Waals surface area contributed by atoms with Gasteiger partial charge >= 0.3 is 6.03 Å². The maximum atomic E-state index is 12.5. The average Bonchev–Trinajstić information content (AvgIpc) is 3.24. The third kappa shape index (κ3) is 3.27. The number of carbonyl (C=O) groups excluding carboxylic acids is 1. The van der Waals surface area contributed by atoms with Gasteiger partial charge in [-0.1, -0.05) is 6.07 Å². The highest BCUT2D eigenvalue weighted by Gasteiger charge is 2.30. The number of aryl methyl sites for hydroxylation is 2. The molecule has 3 aliphatic rings. The van der Waals surface area contributed by atoms with Crippen LogP contribution >= 0.6 is 0 Å². The summed E-state index contributed by atoms with van der Waals surface area (Å²) in [5.41, 5.74) is 5.92. The quantitative estimate of drug-likeness (QED) is 0.765. The van der Waals surface area contributed by atoms with E-state index in [-0.39, 0.29) is 0 Å². The van der Waals surface area contributed by atoms with E-state index in [2.05, 4.69) is 21.4 Å². The summed E-state index contributed by atoms with van der Waals surface area (Å²) < 4.78 is 27.2. The Bertz CT molecular complexity index is 766. The highest BCUT2D eigenvalue weighted by Crippen LogP contribution is 2.38. The van der Waals surface area contributed by atoms with Gasteiger partial charge in [-0.25, -0.2) is 17.9 Å². The van der Waals surface area contributed by atoms with Crippen LogP contribution in [0.2, 0.25) is 0 Å². The van der Waals surface area contributed by atoms with E-state index in [0.717, 1.165) is 44.2 Å². The van der Waals surface area contributed by atoms with Crippen LogP contribution in [0.25, 0.3) is 0 Å². The minimum atomic E-state index is -3.63. The Balaban J connectivity index is 1.54. The Morgan fingerprint density at radius 2 is 1.60 bits per heavy atom. The first kappa shape index (κ1) is 16.8. The Labute approximate surface area is 148 Å². The van der Waals surface area contributed by atoms with Gasteiger partial charge in [-0.05, 0) is 86.7 Å². The minimum Gasteiger partial charge on any atom is -0.317 e. The normalized spacial score (nSPS) is 20.2. The van der Waals surface area contributed by atoms with Crippen LogP contribution in [-0.4, -0.2) is 32.8 Å². The number of sulfonamides is 1. The number of urea groups is 1. The van der Waals surface area contributed by atoms with Gasteiger partial charge < -0.3 is 10.6 Å². The lowest BCUT2D eigenvalue weighted by atomic mass is 9.99. The monoisotopic (exact) mass is 363 g/mol. The first-order valence-corrected chi connectivity index (χ1v) is 10.8. The molecule has 0 bridgehead atoms. The molecule has 25 heavy (non-hydrogen) atoms. The van der Waals surface area contributed by atoms with Crippen molar-refractivity contribution in [1.82, 2.24) is 10.0 Å². The van der Waals surface area contributed by atoms with Crippen molar-refractivity contribution in [2.75, 3.05) is 18.4 Å². The highest BCUT2D eigenvalue weighted by molar-refractivity contribution is 7.90. The van der Waals surface area contributed by atoms with Crippen molar-refractivity contribution in [1.29, 1.82) is 0 Å². The van der Waals surface area contributed by atoms with E-state index in [1.54, 1.807) is 0 Å². The Kier molecular flexibility index (Phi) is 4.45. The molecule has 0 atom stereocenters. The van der Waals surface area contributed by atoms with Gasteiger partial charge in [0, 0.05) is 5.69 Å². The predicted octanol–water partition coefficient (Wildman–Crippen LogP) is 1.87. The Hall–Kier alpha value is -1.60. The van der Waals surface area contributed by atoms with E-state index in [1.165, 1.54) is 22.3 Å². The molecule has 0 radical (unpaired) electrons. The maximum Gasteiger partial charge on any atom is 0.332 e. The highest BCUT2D eigenvalue weighted by atomic mass is 32.2. The maximum absolute atomic E-state index is 12.5. The molecule has 7 heteroatoms. The smallest absolute Gasteiger partial charge is 0.317 e. The van der Waals surface area contributed by atoms with Gasteiger partial charge in [0.15, 0.2) is 0 Å². The standard InChI is InChI=1S/C18H25N3O3S/c22-18(21-25(23,24)14-7-9-19-10-8-14)20-17-15-5-1-3-12(15)11-13-4-2-6-16(13)17/h11,14,19H,1-10H2,(H2,20,21,22). The van der Waals surface area contributed by atoms with Gasteiger partial charge in [0.1, 0.15) is 0 Å². The number of fused-ring (bicyclic) bond motifs is 2. The van der Waals surface area contributed by atoms with Gasteiger partial charge in [-0.15, -0.1) is 0 Å². The van der Waals surface area contributed by atoms with Crippen LogP contribution in [0.5, 0.6) is 0 Å². The van der Waals surface area contributed by atoms with E-state index >= 15 is 0 Å². The zero-order valence-electron chi connectivity index (χ0n) is 14.4. The number of hydrogen-bond acceptors (Lipinski definition) is 4. The predicted molar refractivity (Wildman–Crippen MR) is 97.5 cm³/mol. The molecule has 0 saturated carbocycles. The van der Waals surface area contributed by atoms with E-state index in [9.17, 15) is 13.2 Å². The van der Waals surface area contributed by atoms with Crippen LogP contribution in [0.1, 0.15) is 47.9 Å². The number of rotatable bonds is 3. The second kappa shape index (κ2) is 6.61. The summed E-state index contributed by atoms with van der Waals surface area (Å²) in [5.74, 6) is 0. The van der Waals surface area contributed by atoms with Gasteiger partial charge in [0.05, 0.1) is 5.25 Å². The number of amides is 2. The summed E-state index contributed by atoms with van der Waals surface area (Å²) in [6.07, 6.45) is 7.29. The number of nitrogens with one attached hydrogen (secondary N) is 3. The van der Waals surface area contributed by atoms with Crippen molar-refractivity contribution in [3.8, 4) is 0 Å². The molecule has 1 aromatic rings. The van der Waals surface area contributed by atoms with Crippen molar-refractivity contribution in [2.24, 2.45) is 0 Å².